The number of hydrogen-bond acceptors (Lipinski definition) is 1. The van der Waals surface area contributed by atoms with Gasteiger partial charge in [0, 0.05) is 0 Å². The number of phenols is 1. The van der Waals surface area contributed by atoms with Crippen LogP contribution in [0.4, 0.5) is 0 Å². The third-order valence-corrected chi connectivity index (χ3v) is 7.30. The zero-order valence-corrected chi connectivity index (χ0v) is 22.0. The zero-order valence-electron chi connectivity index (χ0n) is 22.0. The van der Waals surface area contributed by atoms with Crippen LogP contribution in [0, 0.1) is 0 Å². The third-order valence-electron chi connectivity index (χ3n) is 7.30. The second-order valence-corrected chi connectivity index (χ2v) is 11.2. The average Bonchev–Trinajstić information content (AvgIpc) is 2.72. The molecule has 0 atom stereocenters. The highest BCUT2D eigenvalue weighted by Crippen LogP contribution is 2.42. The minimum absolute atomic E-state index is 0.0267. The second kappa shape index (κ2) is 15.0. The summed E-state index contributed by atoms with van der Waals surface area (Å²) in [5.41, 5.74) is 2.34. The molecule has 0 spiro atoms. The van der Waals surface area contributed by atoms with Crippen molar-refractivity contribution < 1.29 is 5.11 Å². The van der Waals surface area contributed by atoms with E-state index in [1.807, 2.05) is 0 Å². The quantitative estimate of drug-likeness (QED) is 0.230. The molecule has 0 amide bonds. The fraction of sp³-hybridized carbons (Fsp3) is 0.800. The van der Waals surface area contributed by atoms with E-state index in [-0.39, 0.29) is 10.8 Å². The molecule has 1 N–H and O–H groups in total. The van der Waals surface area contributed by atoms with Crippen molar-refractivity contribution in [2.45, 2.75) is 155 Å². The molecule has 1 rings (SSSR count). The van der Waals surface area contributed by atoms with Gasteiger partial charge in [0.25, 0.3) is 0 Å². The molecule has 1 aromatic rings. The lowest BCUT2D eigenvalue weighted by Crippen LogP contribution is -2.21. The summed E-state index contributed by atoms with van der Waals surface area (Å²) >= 11 is 0. The van der Waals surface area contributed by atoms with Crippen LogP contribution in [0.2, 0.25) is 0 Å². The van der Waals surface area contributed by atoms with Crippen molar-refractivity contribution in [1.29, 1.82) is 0 Å². The predicted molar refractivity (Wildman–Crippen MR) is 139 cm³/mol. The first-order chi connectivity index (χ1) is 14.8. The van der Waals surface area contributed by atoms with E-state index >= 15 is 0 Å². The maximum Gasteiger partial charge on any atom is 0.123 e. The number of aromatic hydroxyl groups is 1. The lowest BCUT2D eigenvalue weighted by atomic mass is 9.74. The van der Waals surface area contributed by atoms with Gasteiger partial charge in [-0.05, 0) is 34.8 Å². The van der Waals surface area contributed by atoms with Crippen molar-refractivity contribution in [2.24, 2.45) is 0 Å². The van der Waals surface area contributed by atoms with Crippen molar-refractivity contribution >= 4 is 0 Å². The molecule has 0 radical (unpaired) electrons. The molecule has 1 aromatic carbocycles. The highest BCUT2D eigenvalue weighted by molar-refractivity contribution is 5.47. The van der Waals surface area contributed by atoms with E-state index in [4.69, 9.17) is 0 Å². The number of rotatable bonds is 18. The minimum Gasteiger partial charge on any atom is -0.507 e. The van der Waals surface area contributed by atoms with Gasteiger partial charge in [0.1, 0.15) is 5.75 Å². The largest absolute Gasteiger partial charge is 0.507 e. The van der Waals surface area contributed by atoms with Gasteiger partial charge in [0.2, 0.25) is 0 Å². The molecule has 180 valence electrons. The van der Waals surface area contributed by atoms with E-state index in [1.165, 1.54) is 89.9 Å². The second-order valence-electron chi connectivity index (χ2n) is 11.2. The van der Waals surface area contributed by atoms with Crippen LogP contribution in [0.15, 0.2) is 18.2 Å². The zero-order chi connectivity index (χ0) is 23.2. The summed E-state index contributed by atoms with van der Waals surface area (Å²) in [6.07, 6.45) is 21.1. The van der Waals surface area contributed by atoms with E-state index in [0.29, 0.717) is 5.75 Å². The summed E-state index contributed by atoms with van der Waals surface area (Å²) in [6.45, 7) is 13.8. The maximum absolute atomic E-state index is 11.3. The van der Waals surface area contributed by atoms with Crippen LogP contribution in [0.1, 0.15) is 155 Å². The fourth-order valence-electron chi connectivity index (χ4n) is 4.95. The summed E-state index contributed by atoms with van der Waals surface area (Å²) in [6, 6.07) is 6.48. The topological polar surface area (TPSA) is 20.2 Å². The van der Waals surface area contributed by atoms with Gasteiger partial charge < -0.3 is 5.11 Å². The van der Waals surface area contributed by atoms with E-state index in [1.54, 1.807) is 0 Å². The molecule has 0 fully saturated rings. The van der Waals surface area contributed by atoms with Crippen LogP contribution < -0.4 is 0 Å². The van der Waals surface area contributed by atoms with Gasteiger partial charge in [-0.15, -0.1) is 0 Å². The Morgan fingerprint density at radius 1 is 0.548 bits per heavy atom. The molecule has 31 heavy (non-hydrogen) atoms. The first kappa shape index (κ1) is 28.1. The van der Waals surface area contributed by atoms with Gasteiger partial charge >= 0.3 is 0 Å². The predicted octanol–water partition coefficient (Wildman–Crippen LogP) is 10.2. The summed E-state index contributed by atoms with van der Waals surface area (Å²) in [7, 11) is 0. The molecule has 0 aliphatic heterocycles. The van der Waals surface area contributed by atoms with E-state index in [0.717, 1.165) is 24.0 Å². The summed E-state index contributed by atoms with van der Waals surface area (Å²) in [4.78, 5) is 0. The first-order valence-electron chi connectivity index (χ1n) is 13.6. The molecule has 0 aromatic heterocycles. The molecule has 1 heteroatoms. The summed E-state index contributed by atoms with van der Waals surface area (Å²) in [5.74, 6) is 0.559. The van der Waals surface area contributed by atoms with Crippen molar-refractivity contribution in [1.82, 2.24) is 0 Å². The number of benzene rings is 1. The maximum atomic E-state index is 11.3. The van der Waals surface area contributed by atoms with Gasteiger partial charge in [-0.25, -0.2) is 0 Å². The number of phenolic OH excluding ortho intramolecular Hbond substituents is 1. The Bertz CT molecular complexity index is 536. The van der Waals surface area contributed by atoms with Crippen molar-refractivity contribution in [3.63, 3.8) is 0 Å². The van der Waals surface area contributed by atoms with Gasteiger partial charge in [-0.2, -0.15) is 0 Å². The Hall–Kier alpha value is -0.980. The summed E-state index contributed by atoms with van der Waals surface area (Å²) in [5, 5.41) is 11.3. The molecule has 0 saturated heterocycles. The molecule has 1 nitrogen and oxygen atoms in total. The third kappa shape index (κ3) is 10.5. The van der Waals surface area contributed by atoms with Crippen LogP contribution >= 0.6 is 0 Å². The van der Waals surface area contributed by atoms with Gasteiger partial charge in [-0.3, -0.25) is 0 Å². The van der Waals surface area contributed by atoms with Crippen LogP contribution in [0.3, 0.4) is 0 Å². The van der Waals surface area contributed by atoms with Crippen molar-refractivity contribution in [2.75, 3.05) is 0 Å². The van der Waals surface area contributed by atoms with Crippen LogP contribution in [-0.2, 0) is 10.8 Å². The lowest BCUT2D eigenvalue weighted by Gasteiger charge is -2.31. The van der Waals surface area contributed by atoms with Gasteiger partial charge in [0.15, 0.2) is 0 Å². The van der Waals surface area contributed by atoms with Crippen molar-refractivity contribution in [3.05, 3.63) is 29.3 Å². The normalized spacial score (nSPS) is 12.5. The average molecular weight is 431 g/mol. The number of hydrogen-bond donors (Lipinski definition) is 1. The van der Waals surface area contributed by atoms with Crippen LogP contribution in [0.5, 0.6) is 5.75 Å². The lowest BCUT2D eigenvalue weighted by molar-refractivity contribution is 0.378. The highest BCUT2D eigenvalue weighted by atomic mass is 16.3. The Labute approximate surface area is 195 Å². The summed E-state index contributed by atoms with van der Waals surface area (Å²) < 4.78 is 0. The van der Waals surface area contributed by atoms with Crippen molar-refractivity contribution in [3.8, 4) is 5.75 Å². The van der Waals surface area contributed by atoms with E-state index in [9.17, 15) is 5.11 Å². The Morgan fingerprint density at radius 3 is 1.23 bits per heavy atom. The highest BCUT2D eigenvalue weighted by Gasteiger charge is 2.29. The molecule has 0 bridgehead atoms. The minimum atomic E-state index is 0.0267. The molecule has 0 unspecified atom stereocenters. The molecule has 0 saturated carbocycles. The Kier molecular flexibility index (Phi) is 13.5. The fourth-order valence-corrected chi connectivity index (χ4v) is 4.95. The van der Waals surface area contributed by atoms with E-state index in [2.05, 4.69) is 59.7 Å². The van der Waals surface area contributed by atoms with Crippen LogP contribution in [0.25, 0.3) is 0 Å². The smallest absolute Gasteiger partial charge is 0.123 e. The SMILES string of the molecule is CCCCCCCCCC(C)(C)c1cccc(C(C)(C)CCCCCCCCC)c1O. The number of para-hydroxylation sites is 1. The molecular formula is C30H54O. The standard InChI is InChI=1S/C30H54O/c1-7-9-11-13-15-17-19-24-29(3,4)26-22-21-23-27(28(26)31)30(5,6)25-20-18-16-14-12-10-8-2/h21-23,31H,7-20,24-25H2,1-6H3. The number of unbranched alkanes of at least 4 members (excludes halogenated alkanes) is 12. The molecular weight excluding hydrogens is 376 g/mol. The first-order valence-corrected chi connectivity index (χ1v) is 13.6. The van der Waals surface area contributed by atoms with Gasteiger partial charge in [-0.1, -0.05) is 150 Å². The van der Waals surface area contributed by atoms with Gasteiger partial charge in [0.05, 0.1) is 0 Å². The molecule has 0 aliphatic rings. The molecule has 0 heterocycles. The van der Waals surface area contributed by atoms with E-state index < -0.39 is 0 Å². The Morgan fingerprint density at radius 2 is 0.871 bits per heavy atom. The molecule has 0 aliphatic carbocycles. The van der Waals surface area contributed by atoms with Crippen LogP contribution in [-0.4, -0.2) is 5.11 Å². The Balaban J connectivity index is 2.60. The monoisotopic (exact) mass is 430 g/mol.